The standard InChI is InChI=1S/C47H32N2/c1-3-13-31-24-25-32-26-29-43(49-47(32)46(31)48-2)36-27-28-42(35-18-7-6-17-34(35)36)45-40-21-10-8-19-38(40)44(39-20-9-11-22-41(39)45)37-23-12-15-30-14-4-5-16-33(30)37/h3-29H,2H2,1H3/b13-3-. The van der Waals surface area contributed by atoms with Crippen LogP contribution in [0.1, 0.15) is 12.5 Å². The van der Waals surface area contributed by atoms with Crippen molar-refractivity contribution in [2.24, 2.45) is 4.99 Å². The van der Waals surface area contributed by atoms with E-state index in [0.29, 0.717) is 0 Å². The molecule has 230 valence electrons. The molecule has 0 aliphatic rings. The van der Waals surface area contributed by atoms with E-state index in [-0.39, 0.29) is 0 Å². The Hall–Kier alpha value is -6.38. The lowest BCUT2D eigenvalue weighted by Gasteiger charge is -2.20. The summed E-state index contributed by atoms with van der Waals surface area (Å²) in [6.07, 6.45) is 4.08. The van der Waals surface area contributed by atoms with Crippen LogP contribution >= 0.6 is 0 Å². The summed E-state index contributed by atoms with van der Waals surface area (Å²) in [7, 11) is 0. The highest BCUT2D eigenvalue weighted by molar-refractivity contribution is 6.25. The van der Waals surface area contributed by atoms with Gasteiger partial charge in [-0.2, -0.15) is 0 Å². The zero-order valence-electron chi connectivity index (χ0n) is 27.2. The molecular weight excluding hydrogens is 593 g/mol. The Morgan fingerprint density at radius 2 is 0.980 bits per heavy atom. The van der Waals surface area contributed by atoms with Crippen LogP contribution in [0, 0.1) is 0 Å². The highest BCUT2D eigenvalue weighted by Crippen LogP contribution is 2.47. The molecule has 0 aliphatic carbocycles. The summed E-state index contributed by atoms with van der Waals surface area (Å²) in [6.45, 7) is 5.90. The lowest BCUT2D eigenvalue weighted by Crippen LogP contribution is -1.93. The molecule has 0 bridgehead atoms. The third-order valence-electron chi connectivity index (χ3n) is 9.83. The zero-order chi connectivity index (χ0) is 32.9. The van der Waals surface area contributed by atoms with Gasteiger partial charge < -0.3 is 0 Å². The van der Waals surface area contributed by atoms with E-state index >= 15 is 0 Å². The van der Waals surface area contributed by atoms with Crippen molar-refractivity contribution in [1.82, 2.24) is 4.98 Å². The minimum Gasteiger partial charge on any atom is -0.262 e. The number of allylic oxidation sites excluding steroid dienone is 1. The van der Waals surface area contributed by atoms with Gasteiger partial charge in [0.05, 0.1) is 16.9 Å². The van der Waals surface area contributed by atoms with Crippen LogP contribution in [0.15, 0.2) is 163 Å². The van der Waals surface area contributed by atoms with Crippen LogP contribution in [0.5, 0.6) is 0 Å². The second kappa shape index (κ2) is 11.7. The lowest BCUT2D eigenvalue weighted by molar-refractivity contribution is 1.39. The quantitative estimate of drug-likeness (QED) is 0.138. The van der Waals surface area contributed by atoms with Crippen molar-refractivity contribution in [2.45, 2.75) is 6.92 Å². The van der Waals surface area contributed by atoms with Crippen molar-refractivity contribution in [2.75, 3.05) is 0 Å². The summed E-state index contributed by atoms with van der Waals surface area (Å²) in [6, 6.07) is 54.8. The number of hydrogen-bond acceptors (Lipinski definition) is 2. The molecule has 0 unspecified atom stereocenters. The van der Waals surface area contributed by atoms with Gasteiger partial charge in [0.2, 0.25) is 0 Å². The van der Waals surface area contributed by atoms with E-state index in [9.17, 15) is 0 Å². The third kappa shape index (κ3) is 4.57. The molecule has 9 rings (SSSR count). The van der Waals surface area contributed by atoms with E-state index in [2.05, 4.69) is 169 Å². The highest BCUT2D eigenvalue weighted by Gasteiger charge is 2.20. The molecule has 9 aromatic rings. The average molecular weight is 625 g/mol. The first-order valence-corrected chi connectivity index (χ1v) is 16.7. The van der Waals surface area contributed by atoms with Gasteiger partial charge in [0.25, 0.3) is 0 Å². The van der Waals surface area contributed by atoms with Gasteiger partial charge in [-0.15, -0.1) is 0 Å². The fourth-order valence-electron chi connectivity index (χ4n) is 7.71. The molecule has 8 aromatic carbocycles. The topological polar surface area (TPSA) is 25.2 Å². The minimum atomic E-state index is 0.808. The van der Waals surface area contributed by atoms with Crippen LogP contribution in [-0.4, -0.2) is 11.7 Å². The summed E-state index contributed by atoms with van der Waals surface area (Å²) in [5.41, 5.74) is 9.68. The Bertz CT molecular complexity index is 2740. The number of nitrogens with zero attached hydrogens (tertiary/aromatic N) is 2. The monoisotopic (exact) mass is 624 g/mol. The Morgan fingerprint density at radius 3 is 1.61 bits per heavy atom. The average Bonchev–Trinajstić information content (AvgIpc) is 3.16. The van der Waals surface area contributed by atoms with Crippen LogP contribution < -0.4 is 0 Å². The van der Waals surface area contributed by atoms with Crippen molar-refractivity contribution >= 4 is 72.5 Å². The largest absolute Gasteiger partial charge is 0.262 e. The van der Waals surface area contributed by atoms with Crippen molar-refractivity contribution in [1.29, 1.82) is 0 Å². The maximum Gasteiger partial charge on any atom is 0.0971 e. The summed E-state index contributed by atoms with van der Waals surface area (Å²) in [5.74, 6) is 0. The second-order valence-corrected chi connectivity index (χ2v) is 12.5. The molecule has 0 saturated carbocycles. The van der Waals surface area contributed by atoms with Crippen LogP contribution in [-0.2, 0) is 0 Å². The fourth-order valence-corrected chi connectivity index (χ4v) is 7.71. The zero-order valence-corrected chi connectivity index (χ0v) is 27.2. The first-order valence-electron chi connectivity index (χ1n) is 16.7. The lowest BCUT2D eigenvalue weighted by atomic mass is 9.83. The van der Waals surface area contributed by atoms with Crippen molar-refractivity contribution in [3.05, 3.63) is 163 Å². The number of hydrogen-bond donors (Lipinski definition) is 0. The summed E-state index contributed by atoms with van der Waals surface area (Å²) in [4.78, 5) is 9.62. The maximum absolute atomic E-state index is 5.21. The molecular formula is C47H32N2. The molecule has 0 aliphatic heterocycles. The fraction of sp³-hybridized carbons (Fsp3) is 0.0213. The first kappa shape index (κ1) is 28.8. The molecule has 49 heavy (non-hydrogen) atoms. The summed E-state index contributed by atoms with van der Waals surface area (Å²) < 4.78 is 0. The number of rotatable bonds is 5. The van der Waals surface area contributed by atoms with Gasteiger partial charge in [0.1, 0.15) is 0 Å². The molecule has 1 heterocycles. The Morgan fingerprint density at radius 1 is 0.469 bits per heavy atom. The molecule has 0 spiro atoms. The summed E-state index contributed by atoms with van der Waals surface area (Å²) >= 11 is 0. The van der Waals surface area contributed by atoms with Gasteiger partial charge in [-0.3, -0.25) is 4.99 Å². The van der Waals surface area contributed by atoms with E-state index in [1.165, 1.54) is 60.0 Å². The van der Waals surface area contributed by atoms with Gasteiger partial charge in [0, 0.05) is 16.5 Å². The smallest absolute Gasteiger partial charge is 0.0971 e. The molecule has 0 fully saturated rings. The van der Waals surface area contributed by atoms with Crippen LogP contribution in [0.4, 0.5) is 5.69 Å². The number of benzene rings is 8. The van der Waals surface area contributed by atoms with E-state index in [4.69, 9.17) is 4.98 Å². The number of fused-ring (bicyclic) bond motifs is 5. The number of aliphatic imine (C=N–C) groups is 1. The van der Waals surface area contributed by atoms with Crippen molar-refractivity contribution < 1.29 is 0 Å². The van der Waals surface area contributed by atoms with Crippen LogP contribution in [0.2, 0.25) is 0 Å². The maximum atomic E-state index is 5.21. The van der Waals surface area contributed by atoms with Crippen LogP contribution in [0.3, 0.4) is 0 Å². The van der Waals surface area contributed by atoms with E-state index in [1.807, 2.05) is 13.0 Å². The Balaban J connectivity index is 1.33. The molecule has 0 atom stereocenters. The third-order valence-corrected chi connectivity index (χ3v) is 9.83. The molecule has 0 amide bonds. The Labute approximate surface area is 285 Å². The Kier molecular flexibility index (Phi) is 6.88. The van der Waals surface area contributed by atoms with Crippen LogP contribution in [0.25, 0.3) is 93.6 Å². The molecule has 1 aromatic heterocycles. The predicted molar refractivity (Wildman–Crippen MR) is 212 cm³/mol. The SMILES string of the molecule is C=Nc1c(/C=C\C)ccc2ccc(-c3ccc(-c4c5ccccc5c(-c5cccc6ccccc56)c5ccccc45)c4ccccc34)nc12. The summed E-state index contributed by atoms with van der Waals surface area (Å²) in [5, 5.41) is 10.9. The van der Waals surface area contributed by atoms with Gasteiger partial charge in [-0.1, -0.05) is 158 Å². The highest BCUT2D eigenvalue weighted by atomic mass is 14.8. The van der Waals surface area contributed by atoms with E-state index in [1.54, 1.807) is 0 Å². The number of pyridine rings is 1. The predicted octanol–water partition coefficient (Wildman–Crippen LogP) is 13.2. The molecule has 0 N–H and O–H groups in total. The molecule has 2 nitrogen and oxygen atoms in total. The van der Waals surface area contributed by atoms with Gasteiger partial charge in [0.15, 0.2) is 0 Å². The first-order chi connectivity index (χ1) is 24.2. The van der Waals surface area contributed by atoms with Gasteiger partial charge in [-0.25, -0.2) is 4.98 Å². The van der Waals surface area contributed by atoms with E-state index in [0.717, 1.165) is 38.8 Å². The second-order valence-electron chi connectivity index (χ2n) is 12.5. The molecule has 2 heteroatoms. The van der Waals surface area contributed by atoms with E-state index < -0.39 is 0 Å². The van der Waals surface area contributed by atoms with Crippen molar-refractivity contribution in [3.63, 3.8) is 0 Å². The number of aromatic nitrogens is 1. The van der Waals surface area contributed by atoms with Gasteiger partial charge >= 0.3 is 0 Å². The van der Waals surface area contributed by atoms with Crippen molar-refractivity contribution in [3.8, 4) is 33.5 Å². The van der Waals surface area contributed by atoms with Gasteiger partial charge in [-0.05, 0) is 85.1 Å². The molecule has 0 saturated heterocycles. The normalized spacial score (nSPS) is 11.8. The molecule has 0 radical (unpaired) electrons. The minimum absolute atomic E-state index is 0.808.